The van der Waals surface area contributed by atoms with Gasteiger partial charge in [-0.2, -0.15) is 0 Å². The van der Waals surface area contributed by atoms with Crippen LogP contribution in [0.4, 0.5) is 0 Å². The number of furan rings is 2. The second-order valence-corrected chi connectivity index (χ2v) is 10.3. The van der Waals surface area contributed by atoms with Crippen molar-refractivity contribution in [2.45, 2.75) is 0 Å². The molecule has 2 nitrogen and oxygen atoms in total. The van der Waals surface area contributed by atoms with E-state index >= 15 is 0 Å². The molecule has 0 saturated heterocycles. The summed E-state index contributed by atoms with van der Waals surface area (Å²) in [7, 11) is 0. The lowest BCUT2D eigenvalue weighted by molar-refractivity contribution is 0.619. The van der Waals surface area contributed by atoms with Gasteiger partial charge in [0.25, 0.3) is 0 Å². The van der Waals surface area contributed by atoms with Crippen LogP contribution in [0.25, 0.3) is 87.8 Å². The molecule has 0 N–H and O–H groups in total. The molecule has 7 aromatic carbocycles. The van der Waals surface area contributed by atoms with Crippen LogP contribution in [0.5, 0.6) is 0 Å². The van der Waals surface area contributed by atoms with E-state index in [0.717, 1.165) is 21.9 Å². The van der Waals surface area contributed by atoms with Crippen molar-refractivity contribution < 1.29 is 19.8 Å². The summed E-state index contributed by atoms with van der Waals surface area (Å²) in [6.07, 6.45) is 1.72. The van der Waals surface area contributed by atoms with E-state index in [1.165, 1.54) is 0 Å². The Hall–Kier alpha value is -5.60. The third-order valence-electron chi connectivity index (χ3n) is 7.98. The molecule has 9 rings (SSSR count). The zero-order valence-electron chi connectivity index (χ0n) is 30.1. The first-order valence-corrected chi connectivity index (χ1v) is 13.6. The highest BCUT2D eigenvalue weighted by Gasteiger charge is 2.20. The molecular formula is C40H24O2. The first-order valence-electron chi connectivity index (χ1n) is 17.6. The third-order valence-corrected chi connectivity index (χ3v) is 7.98. The smallest absolute Gasteiger partial charge is 0.146 e. The van der Waals surface area contributed by atoms with Crippen molar-refractivity contribution >= 4 is 54.5 Å². The Morgan fingerprint density at radius 1 is 0.476 bits per heavy atom. The largest absolute Gasteiger partial charge is 0.463 e. The van der Waals surface area contributed by atoms with Crippen molar-refractivity contribution in [1.82, 2.24) is 0 Å². The highest BCUT2D eigenvalue weighted by Crippen LogP contribution is 2.45. The number of fused-ring (bicyclic) bond motifs is 7. The Kier molecular flexibility index (Phi) is 3.54. The lowest BCUT2D eigenvalue weighted by Gasteiger charge is -2.17. The van der Waals surface area contributed by atoms with Gasteiger partial charge in [-0.05, 0) is 73.6 Å². The van der Waals surface area contributed by atoms with Gasteiger partial charge in [-0.3, -0.25) is 0 Å². The number of benzene rings is 7. The molecule has 0 fully saturated rings. The highest BCUT2D eigenvalue weighted by molar-refractivity contribution is 6.23. The van der Waals surface area contributed by atoms with Crippen molar-refractivity contribution in [3.63, 3.8) is 0 Å². The molecule has 0 bridgehead atoms. The van der Waals surface area contributed by atoms with Gasteiger partial charge in [0, 0.05) is 16.3 Å². The summed E-state index contributed by atoms with van der Waals surface area (Å²) in [4.78, 5) is 0. The molecule has 0 aliphatic rings. The fourth-order valence-corrected chi connectivity index (χ4v) is 6.16. The summed E-state index contributed by atoms with van der Waals surface area (Å²) in [6, 6.07) is 25.1. The second kappa shape index (κ2) is 8.95. The van der Waals surface area contributed by atoms with Crippen LogP contribution < -0.4 is 0 Å². The van der Waals surface area contributed by atoms with E-state index in [9.17, 15) is 2.74 Å². The molecule has 0 atom stereocenters. The van der Waals surface area contributed by atoms with Crippen molar-refractivity contribution in [2.75, 3.05) is 0 Å². The molecule has 0 aliphatic heterocycles. The first-order chi connectivity index (χ1) is 24.2. The molecule has 0 unspecified atom stereocenters. The van der Waals surface area contributed by atoms with Gasteiger partial charge in [0.05, 0.1) is 22.6 Å². The summed E-state index contributed by atoms with van der Waals surface area (Å²) in [5.41, 5.74) is 5.36. The fraction of sp³-hybridized carbons (Fsp3) is 0. The van der Waals surface area contributed by atoms with E-state index in [-0.39, 0.29) is 51.3 Å². The Morgan fingerprint density at radius 2 is 1.05 bits per heavy atom. The van der Waals surface area contributed by atoms with Crippen LogP contribution in [-0.4, -0.2) is 0 Å². The molecule has 2 heteroatoms. The molecule has 2 heterocycles. The van der Waals surface area contributed by atoms with Gasteiger partial charge in [-0.1, -0.05) is 115 Å². The maximum atomic E-state index is 9.21. The number of hydrogen-bond donors (Lipinski definition) is 0. The molecule has 196 valence electrons. The SMILES string of the molecule is [2H]c1c([2H])c([2H])c2c(-c3ccc4oc5ccc6c(-c7ccccc7)coc6c5c4c3)c3c([2H])c([2H])c([2H])c([2H])c3c(-c3ccccc3)c2c1[2H]. The number of rotatable bonds is 3. The van der Waals surface area contributed by atoms with Gasteiger partial charge in [-0.15, -0.1) is 0 Å². The average molecular weight is 545 g/mol. The van der Waals surface area contributed by atoms with E-state index in [4.69, 9.17) is 17.1 Å². The van der Waals surface area contributed by atoms with Crippen LogP contribution in [0, 0.1) is 0 Å². The molecule has 0 saturated carbocycles. The van der Waals surface area contributed by atoms with Crippen molar-refractivity contribution in [3.8, 4) is 33.4 Å². The molecule has 0 aliphatic carbocycles. The van der Waals surface area contributed by atoms with Crippen molar-refractivity contribution in [2.24, 2.45) is 0 Å². The summed E-state index contributed by atoms with van der Waals surface area (Å²) >= 11 is 0. The zero-order chi connectivity index (χ0) is 34.6. The first kappa shape index (κ1) is 16.6. The minimum atomic E-state index is -0.441. The second-order valence-electron chi connectivity index (χ2n) is 10.3. The van der Waals surface area contributed by atoms with Crippen LogP contribution >= 0.6 is 0 Å². The Bertz CT molecular complexity index is 2810. The predicted octanol–water partition coefficient (Wildman–Crippen LogP) is 11.6. The molecule has 0 radical (unpaired) electrons. The standard InChI is InChI=1S/C40H24O2/c1-3-11-25(12-4-1)34-24-41-40-32(34)20-22-36-39(40)33-23-27(19-21-35(33)42-36)38-30-17-9-7-15-28(30)37(26-13-5-2-6-14-26)29-16-8-10-18-31(29)38/h1-24H/i7D,8D,9D,10D,15D,16D,17D,18D. The van der Waals surface area contributed by atoms with Gasteiger partial charge in [0.2, 0.25) is 0 Å². The zero-order valence-corrected chi connectivity index (χ0v) is 22.1. The lowest BCUT2D eigenvalue weighted by atomic mass is 9.86. The van der Waals surface area contributed by atoms with E-state index < -0.39 is 24.2 Å². The average Bonchev–Trinajstić information content (AvgIpc) is 3.75. The van der Waals surface area contributed by atoms with Crippen LogP contribution in [-0.2, 0) is 0 Å². The minimum Gasteiger partial charge on any atom is -0.463 e. The summed E-state index contributed by atoms with van der Waals surface area (Å²) in [6.45, 7) is 0. The quantitative estimate of drug-likeness (QED) is 0.207. The summed E-state index contributed by atoms with van der Waals surface area (Å²) in [5.74, 6) is 0. The van der Waals surface area contributed by atoms with Gasteiger partial charge < -0.3 is 8.83 Å². The van der Waals surface area contributed by atoms with Crippen molar-refractivity contribution in [3.05, 3.63) is 146 Å². The highest BCUT2D eigenvalue weighted by atomic mass is 16.3. The van der Waals surface area contributed by atoms with Crippen molar-refractivity contribution in [1.29, 1.82) is 0 Å². The van der Waals surface area contributed by atoms with Crippen LogP contribution in [0.3, 0.4) is 0 Å². The Labute approximate surface area is 253 Å². The normalized spacial score (nSPS) is 14.5. The molecule has 9 aromatic rings. The molecule has 0 amide bonds. The van der Waals surface area contributed by atoms with E-state index in [0.29, 0.717) is 38.8 Å². The van der Waals surface area contributed by atoms with Gasteiger partial charge in [0.15, 0.2) is 0 Å². The minimum absolute atomic E-state index is 0.161. The van der Waals surface area contributed by atoms with E-state index in [2.05, 4.69) is 0 Å². The Morgan fingerprint density at radius 3 is 1.69 bits per heavy atom. The van der Waals surface area contributed by atoms with Crippen LogP contribution in [0.15, 0.2) is 154 Å². The van der Waals surface area contributed by atoms with Crippen LogP contribution in [0.1, 0.15) is 11.0 Å². The predicted molar refractivity (Wildman–Crippen MR) is 175 cm³/mol. The van der Waals surface area contributed by atoms with Crippen LogP contribution in [0.2, 0.25) is 0 Å². The fourth-order valence-electron chi connectivity index (χ4n) is 6.16. The van der Waals surface area contributed by atoms with E-state index in [1.807, 2.05) is 54.6 Å². The maximum Gasteiger partial charge on any atom is 0.146 e. The van der Waals surface area contributed by atoms with Gasteiger partial charge in [0.1, 0.15) is 16.7 Å². The molecular weight excluding hydrogens is 512 g/mol. The van der Waals surface area contributed by atoms with Gasteiger partial charge in [-0.25, -0.2) is 0 Å². The monoisotopic (exact) mass is 544 g/mol. The maximum absolute atomic E-state index is 9.21. The summed E-state index contributed by atoms with van der Waals surface area (Å²) in [5, 5.41) is 2.97. The Balaban J connectivity index is 1.48. The summed E-state index contributed by atoms with van der Waals surface area (Å²) < 4.78 is 83.8. The molecule has 0 spiro atoms. The molecule has 42 heavy (non-hydrogen) atoms. The molecule has 2 aromatic heterocycles. The number of hydrogen-bond acceptors (Lipinski definition) is 2. The lowest BCUT2D eigenvalue weighted by Crippen LogP contribution is -1.90. The topological polar surface area (TPSA) is 26.3 Å². The van der Waals surface area contributed by atoms with Gasteiger partial charge >= 0.3 is 0 Å². The van der Waals surface area contributed by atoms with E-state index in [1.54, 1.807) is 42.7 Å². The third kappa shape index (κ3) is 3.33.